The van der Waals surface area contributed by atoms with E-state index < -0.39 is 0 Å². The zero-order valence-corrected chi connectivity index (χ0v) is 10.8. The quantitative estimate of drug-likeness (QED) is 0.876. The molecule has 0 amide bonds. The van der Waals surface area contributed by atoms with Gasteiger partial charge in [-0.1, -0.05) is 6.92 Å². The highest BCUT2D eigenvalue weighted by Gasteiger charge is 2.14. The van der Waals surface area contributed by atoms with Crippen molar-refractivity contribution in [3.8, 4) is 0 Å². The van der Waals surface area contributed by atoms with Gasteiger partial charge in [0.15, 0.2) is 0 Å². The van der Waals surface area contributed by atoms with Gasteiger partial charge in [-0.3, -0.25) is 0 Å². The zero-order chi connectivity index (χ0) is 13.0. The topological polar surface area (TPSA) is 68.2 Å². The van der Waals surface area contributed by atoms with E-state index in [2.05, 4.69) is 28.7 Å². The van der Waals surface area contributed by atoms with E-state index in [9.17, 15) is 0 Å². The summed E-state index contributed by atoms with van der Waals surface area (Å²) in [4.78, 5) is 10.5. The van der Waals surface area contributed by atoms with Gasteiger partial charge in [0.2, 0.25) is 0 Å². The van der Waals surface area contributed by atoms with Gasteiger partial charge in [0, 0.05) is 12.1 Å². The lowest BCUT2D eigenvalue weighted by Crippen LogP contribution is -2.24. The summed E-state index contributed by atoms with van der Waals surface area (Å²) < 4.78 is 5.37. The van der Waals surface area contributed by atoms with Crippen LogP contribution in [0.1, 0.15) is 25.2 Å². The van der Waals surface area contributed by atoms with Crippen LogP contribution in [-0.2, 0) is 13.0 Å². The lowest BCUT2D eigenvalue weighted by molar-refractivity contribution is 0.502. The second kappa shape index (κ2) is 5.53. The van der Waals surface area contributed by atoms with Crippen molar-refractivity contribution < 1.29 is 4.42 Å². The Morgan fingerprint density at radius 2 is 2.17 bits per heavy atom. The van der Waals surface area contributed by atoms with Crippen molar-refractivity contribution in [3.63, 3.8) is 0 Å². The highest BCUT2D eigenvalue weighted by molar-refractivity contribution is 5.56. The lowest BCUT2D eigenvalue weighted by Gasteiger charge is -2.23. The molecule has 0 fully saturated rings. The first-order valence-electron chi connectivity index (χ1n) is 6.12. The Balaban J connectivity index is 2.30. The first-order chi connectivity index (χ1) is 8.76. The minimum absolute atomic E-state index is 0.556. The summed E-state index contributed by atoms with van der Waals surface area (Å²) in [6, 6.07) is 3.84. The summed E-state index contributed by atoms with van der Waals surface area (Å²) >= 11 is 0. The number of nitrogens with zero attached hydrogens (tertiary/aromatic N) is 3. The zero-order valence-electron chi connectivity index (χ0n) is 10.8. The molecule has 2 heterocycles. The molecule has 0 saturated heterocycles. The van der Waals surface area contributed by atoms with Crippen molar-refractivity contribution in [2.24, 2.45) is 0 Å². The van der Waals surface area contributed by atoms with Crippen LogP contribution < -0.4 is 10.6 Å². The highest BCUT2D eigenvalue weighted by atomic mass is 16.3. The van der Waals surface area contributed by atoms with Crippen LogP contribution in [0.15, 0.2) is 29.1 Å². The fourth-order valence-corrected chi connectivity index (χ4v) is 1.95. The molecular formula is C13H18N4O. The van der Waals surface area contributed by atoms with Crippen molar-refractivity contribution in [2.45, 2.75) is 26.8 Å². The lowest BCUT2D eigenvalue weighted by atomic mass is 10.2. The maximum absolute atomic E-state index is 5.90. The smallest absolute Gasteiger partial charge is 0.137 e. The second-order valence-electron chi connectivity index (χ2n) is 4.01. The number of aromatic nitrogens is 2. The van der Waals surface area contributed by atoms with Crippen LogP contribution >= 0.6 is 0 Å². The van der Waals surface area contributed by atoms with Gasteiger partial charge in [-0.25, -0.2) is 9.97 Å². The molecule has 5 nitrogen and oxygen atoms in total. The number of anilines is 2. The van der Waals surface area contributed by atoms with E-state index in [0.29, 0.717) is 12.4 Å². The molecule has 0 aromatic carbocycles. The van der Waals surface area contributed by atoms with Crippen molar-refractivity contribution in [1.82, 2.24) is 9.97 Å². The monoisotopic (exact) mass is 246 g/mol. The van der Waals surface area contributed by atoms with E-state index in [1.54, 1.807) is 6.26 Å². The molecule has 0 aliphatic carbocycles. The van der Waals surface area contributed by atoms with Gasteiger partial charge in [-0.05, 0) is 25.5 Å². The van der Waals surface area contributed by atoms with Crippen molar-refractivity contribution in [3.05, 3.63) is 36.0 Å². The van der Waals surface area contributed by atoms with Gasteiger partial charge in [0.05, 0.1) is 12.8 Å². The number of hydrogen-bond acceptors (Lipinski definition) is 5. The molecule has 0 atom stereocenters. The van der Waals surface area contributed by atoms with Gasteiger partial charge in [-0.15, -0.1) is 0 Å². The minimum Gasteiger partial charge on any atom is -0.467 e. The molecule has 96 valence electrons. The SMILES string of the molecule is CCc1c(N)ncnc1N(CC)Cc1ccco1. The average molecular weight is 246 g/mol. The number of rotatable bonds is 5. The number of hydrogen-bond donors (Lipinski definition) is 1. The Kier molecular flexibility index (Phi) is 3.82. The first-order valence-corrected chi connectivity index (χ1v) is 6.12. The third-order valence-corrected chi connectivity index (χ3v) is 2.92. The number of nitrogens with two attached hydrogens (primary N) is 1. The third-order valence-electron chi connectivity index (χ3n) is 2.92. The third kappa shape index (κ3) is 2.45. The molecule has 0 radical (unpaired) electrons. The van der Waals surface area contributed by atoms with Crippen LogP contribution in [0.4, 0.5) is 11.6 Å². The van der Waals surface area contributed by atoms with Crippen LogP contribution in [0.25, 0.3) is 0 Å². The molecule has 0 bridgehead atoms. The maximum Gasteiger partial charge on any atom is 0.137 e. The second-order valence-corrected chi connectivity index (χ2v) is 4.01. The summed E-state index contributed by atoms with van der Waals surface area (Å²) in [5.74, 6) is 2.36. The van der Waals surface area contributed by atoms with Crippen molar-refractivity contribution >= 4 is 11.6 Å². The fraction of sp³-hybridized carbons (Fsp3) is 0.385. The molecule has 5 heteroatoms. The minimum atomic E-state index is 0.556. The van der Waals surface area contributed by atoms with E-state index in [4.69, 9.17) is 10.2 Å². The van der Waals surface area contributed by atoms with Crippen molar-refractivity contribution in [1.29, 1.82) is 0 Å². The molecular weight excluding hydrogens is 228 g/mol. The van der Waals surface area contributed by atoms with Crippen LogP contribution in [0.3, 0.4) is 0 Å². The molecule has 0 aliphatic rings. The number of nitrogen functional groups attached to an aromatic ring is 1. The summed E-state index contributed by atoms with van der Waals surface area (Å²) in [6.07, 6.45) is 4.00. The predicted molar refractivity (Wildman–Crippen MR) is 71.3 cm³/mol. The molecule has 2 rings (SSSR count). The van der Waals surface area contributed by atoms with E-state index in [-0.39, 0.29) is 0 Å². The van der Waals surface area contributed by atoms with Gasteiger partial charge in [-0.2, -0.15) is 0 Å². The fourth-order valence-electron chi connectivity index (χ4n) is 1.95. The van der Waals surface area contributed by atoms with Gasteiger partial charge >= 0.3 is 0 Å². The van der Waals surface area contributed by atoms with Crippen molar-refractivity contribution in [2.75, 3.05) is 17.2 Å². The van der Waals surface area contributed by atoms with Crippen LogP contribution in [0.2, 0.25) is 0 Å². The molecule has 0 unspecified atom stereocenters. The Hall–Kier alpha value is -2.04. The highest BCUT2D eigenvalue weighted by Crippen LogP contribution is 2.23. The molecule has 0 saturated carbocycles. The predicted octanol–water partition coefficient (Wildman–Crippen LogP) is 2.24. The normalized spacial score (nSPS) is 10.6. The maximum atomic E-state index is 5.90. The Bertz CT molecular complexity index is 496. The molecule has 0 aliphatic heterocycles. The molecule has 2 N–H and O–H groups in total. The summed E-state index contributed by atoms with van der Waals surface area (Å²) in [5, 5.41) is 0. The standard InChI is InChI=1S/C13H18N4O/c1-3-11-12(14)15-9-16-13(11)17(4-2)8-10-6-5-7-18-10/h5-7,9H,3-4,8H2,1-2H3,(H2,14,15,16). The van der Waals surface area contributed by atoms with Gasteiger partial charge in [0.1, 0.15) is 23.7 Å². The molecule has 2 aromatic heterocycles. The Morgan fingerprint density at radius 1 is 1.33 bits per heavy atom. The van der Waals surface area contributed by atoms with Crippen LogP contribution in [0, 0.1) is 0 Å². The molecule has 0 spiro atoms. The Morgan fingerprint density at radius 3 is 2.78 bits per heavy atom. The van der Waals surface area contributed by atoms with E-state index >= 15 is 0 Å². The number of furan rings is 1. The van der Waals surface area contributed by atoms with Gasteiger partial charge < -0.3 is 15.1 Å². The summed E-state index contributed by atoms with van der Waals surface area (Å²) in [5.41, 5.74) is 6.89. The summed E-state index contributed by atoms with van der Waals surface area (Å²) in [7, 11) is 0. The molecule has 18 heavy (non-hydrogen) atoms. The largest absolute Gasteiger partial charge is 0.467 e. The van der Waals surface area contributed by atoms with Crippen LogP contribution in [0.5, 0.6) is 0 Å². The first kappa shape index (κ1) is 12.4. The average Bonchev–Trinajstić information content (AvgIpc) is 2.88. The molecule has 2 aromatic rings. The summed E-state index contributed by atoms with van der Waals surface area (Å²) in [6.45, 7) is 5.66. The van der Waals surface area contributed by atoms with E-state index in [1.807, 2.05) is 12.1 Å². The van der Waals surface area contributed by atoms with E-state index in [1.165, 1.54) is 6.33 Å². The van der Waals surface area contributed by atoms with Gasteiger partial charge in [0.25, 0.3) is 0 Å². The Labute approximate surface area is 107 Å². The van der Waals surface area contributed by atoms with Crippen LogP contribution in [-0.4, -0.2) is 16.5 Å². The van der Waals surface area contributed by atoms with E-state index in [0.717, 1.165) is 30.1 Å².